The van der Waals surface area contributed by atoms with Gasteiger partial charge in [-0.1, -0.05) is 37.3 Å². The summed E-state index contributed by atoms with van der Waals surface area (Å²) in [6, 6.07) is 11.8. The van der Waals surface area contributed by atoms with Gasteiger partial charge in [0.15, 0.2) is 0 Å². The minimum atomic E-state index is -5.08. The molecule has 1 aliphatic carbocycles. The first-order chi connectivity index (χ1) is 23.8. The highest BCUT2D eigenvalue weighted by molar-refractivity contribution is 7.18. The molecule has 1 amide bonds. The number of aliphatic carboxylic acids is 2. The van der Waals surface area contributed by atoms with Gasteiger partial charge in [-0.25, -0.2) is 14.4 Å². The number of benzene rings is 1. The topological polar surface area (TPSA) is 177 Å². The number of hydrogen-bond donors (Lipinski definition) is 3. The zero-order chi connectivity index (χ0) is 38.5. The fourth-order valence-electron chi connectivity index (χ4n) is 5.18. The number of esters is 2. The number of likely N-dealkylation sites (tertiary alicyclic amines) is 1. The Morgan fingerprint density at radius 3 is 1.86 bits per heavy atom. The van der Waals surface area contributed by atoms with E-state index in [0.29, 0.717) is 16.5 Å². The van der Waals surface area contributed by atoms with Crippen molar-refractivity contribution in [1.82, 2.24) is 4.90 Å². The molecule has 1 aliphatic heterocycles. The van der Waals surface area contributed by atoms with E-state index in [2.05, 4.69) is 18.9 Å². The monoisotopic (exact) mass is 755 g/mol. The van der Waals surface area contributed by atoms with Gasteiger partial charge in [-0.05, 0) is 76.2 Å². The number of anilines is 1. The van der Waals surface area contributed by atoms with Crippen molar-refractivity contribution in [1.29, 1.82) is 0 Å². The summed E-state index contributed by atoms with van der Waals surface area (Å²) in [7, 11) is 2.09. The van der Waals surface area contributed by atoms with Crippen molar-refractivity contribution >= 4 is 46.8 Å². The number of carbonyl (C=O) groups is 5. The molecule has 19 heteroatoms. The van der Waals surface area contributed by atoms with Crippen LogP contribution in [-0.4, -0.2) is 96.8 Å². The number of carbonyl (C=O) groups excluding carboxylic acids is 3. The molecule has 1 aromatic heterocycles. The van der Waals surface area contributed by atoms with Gasteiger partial charge in [-0.15, -0.1) is 11.3 Å². The second-order valence-corrected chi connectivity index (χ2v) is 12.8. The molecule has 0 atom stereocenters. The lowest BCUT2D eigenvalue weighted by atomic mass is 9.82. The van der Waals surface area contributed by atoms with Crippen molar-refractivity contribution in [3.05, 3.63) is 41.3 Å². The van der Waals surface area contributed by atoms with Crippen LogP contribution in [0.15, 0.2) is 36.4 Å². The zero-order valence-corrected chi connectivity index (χ0v) is 28.5. The molecular formula is C32H39F6N3O9S. The van der Waals surface area contributed by atoms with Crippen molar-refractivity contribution in [3.63, 3.8) is 0 Å². The van der Waals surface area contributed by atoms with Crippen LogP contribution < -0.4 is 10.6 Å². The predicted octanol–water partition coefficient (Wildman–Crippen LogP) is 5.55. The number of ether oxygens (including phenoxy) is 2. The fourth-order valence-corrected chi connectivity index (χ4v) is 6.23. The lowest BCUT2D eigenvalue weighted by Crippen LogP contribution is -2.49. The van der Waals surface area contributed by atoms with Gasteiger partial charge in [0.25, 0.3) is 0 Å². The van der Waals surface area contributed by atoms with E-state index in [9.17, 15) is 40.7 Å². The van der Waals surface area contributed by atoms with Gasteiger partial charge in [-0.2, -0.15) is 26.3 Å². The van der Waals surface area contributed by atoms with Crippen LogP contribution in [0.1, 0.15) is 55.1 Å². The third kappa shape index (κ3) is 13.8. The molecule has 0 spiro atoms. The van der Waals surface area contributed by atoms with E-state index in [0.717, 1.165) is 62.1 Å². The first kappa shape index (κ1) is 42.9. The molecule has 1 aromatic carbocycles. The van der Waals surface area contributed by atoms with E-state index in [4.69, 9.17) is 35.0 Å². The summed E-state index contributed by atoms with van der Waals surface area (Å²) in [5.74, 6) is -6.10. The minimum Gasteiger partial charge on any atom is -0.475 e. The Bertz CT molecular complexity index is 1450. The van der Waals surface area contributed by atoms with Crippen molar-refractivity contribution in [3.8, 4) is 10.4 Å². The second-order valence-electron chi connectivity index (χ2n) is 11.8. The summed E-state index contributed by atoms with van der Waals surface area (Å²) in [6.07, 6.45) is -4.67. The average Bonchev–Trinajstić information content (AvgIpc) is 3.51. The van der Waals surface area contributed by atoms with Crippen LogP contribution in [0.4, 0.5) is 32.0 Å². The number of rotatable bonds is 8. The van der Waals surface area contributed by atoms with Crippen LogP contribution in [0.2, 0.25) is 0 Å². The lowest BCUT2D eigenvalue weighted by molar-refractivity contribution is -0.193. The largest absolute Gasteiger partial charge is 0.490 e. The Kier molecular flexibility index (Phi) is 16.3. The van der Waals surface area contributed by atoms with Crippen molar-refractivity contribution in [2.75, 3.05) is 38.4 Å². The number of alkyl halides is 6. The maximum absolute atomic E-state index is 14.1. The number of carboxylic acid groups (broad SMARTS) is 2. The van der Waals surface area contributed by atoms with Gasteiger partial charge in [0.2, 0.25) is 12.7 Å². The van der Waals surface area contributed by atoms with Gasteiger partial charge in [0.1, 0.15) is 4.88 Å². The Balaban J connectivity index is 0.000000543. The highest BCUT2D eigenvalue weighted by Crippen LogP contribution is 2.41. The van der Waals surface area contributed by atoms with Crippen molar-refractivity contribution < 1.29 is 70.0 Å². The van der Waals surface area contributed by atoms with Crippen LogP contribution in [0.3, 0.4) is 0 Å². The Morgan fingerprint density at radius 2 is 1.39 bits per heavy atom. The molecule has 0 unspecified atom stereocenters. The standard InChI is InChI=1S/C28H37N3O5S.2C2HF3O2/c1-19-8-10-21(11-9-19)27(33)31(22-12-14-30(2)15-13-22)23-16-24(20-6-4-3-5-7-20)37-26(23)28(34)36-18-35-25(32)17-29;2*3-2(4,5)1(6)7/h3-7,16,19,21-22H,8-15,17-18,29H2,1-2H3;2*(H,6,7). The molecule has 4 rings (SSSR count). The molecule has 2 heterocycles. The van der Waals surface area contributed by atoms with E-state index in [1.165, 1.54) is 11.3 Å². The molecule has 2 aliphatic rings. The molecule has 51 heavy (non-hydrogen) atoms. The Labute approximate surface area is 293 Å². The fraction of sp³-hybridized carbons (Fsp3) is 0.531. The summed E-state index contributed by atoms with van der Waals surface area (Å²) in [4.78, 5) is 62.0. The Morgan fingerprint density at radius 1 is 0.882 bits per heavy atom. The molecular weight excluding hydrogens is 716 g/mol. The minimum absolute atomic E-state index is 0.00268. The summed E-state index contributed by atoms with van der Waals surface area (Å²) in [5, 5.41) is 14.2. The number of amides is 1. The smallest absolute Gasteiger partial charge is 0.475 e. The third-order valence-electron chi connectivity index (χ3n) is 7.93. The summed E-state index contributed by atoms with van der Waals surface area (Å²) < 4.78 is 73.7. The van der Waals surface area contributed by atoms with Crippen LogP contribution in [0.25, 0.3) is 10.4 Å². The molecule has 2 aromatic rings. The summed E-state index contributed by atoms with van der Waals surface area (Å²) >= 11 is 1.30. The van der Waals surface area contributed by atoms with E-state index in [1.54, 1.807) is 0 Å². The number of halogens is 6. The van der Waals surface area contributed by atoms with Gasteiger partial charge >= 0.3 is 36.2 Å². The van der Waals surface area contributed by atoms with Crippen LogP contribution in [-0.2, 0) is 28.7 Å². The lowest BCUT2D eigenvalue weighted by Gasteiger charge is -2.40. The molecule has 0 radical (unpaired) electrons. The normalized spacial score (nSPS) is 18.2. The number of thiophene rings is 1. The van der Waals surface area contributed by atoms with Crippen LogP contribution in [0.5, 0.6) is 0 Å². The number of nitrogens with two attached hydrogens (primary N) is 1. The SMILES string of the molecule is CC1CCC(C(=O)N(c2cc(-c3ccccc3)sc2C(=O)OCOC(=O)CN)C2CCN(C)CC2)CC1.O=C(O)C(F)(F)F.O=C(O)C(F)(F)F. The third-order valence-corrected chi connectivity index (χ3v) is 9.09. The van der Waals surface area contributed by atoms with E-state index >= 15 is 0 Å². The summed E-state index contributed by atoms with van der Waals surface area (Å²) in [6.45, 7) is 3.21. The maximum Gasteiger partial charge on any atom is 0.490 e. The van der Waals surface area contributed by atoms with Gasteiger partial charge < -0.3 is 35.2 Å². The van der Waals surface area contributed by atoms with Gasteiger partial charge in [0, 0.05) is 16.8 Å². The molecule has 12 nitrogen and oxygen atoms in total. The van der Waals surface area contributed by atoms with E-state index in [1.807, 2.05) is 41.3 Å². The van der Waals surface area contributed by atoms with Crippen molar-refractivity contribution in [2.24, 2.45) is 17.6 Å². The molecule has 0 bridgehead atoms. The molecule has 1 saturated carbocycles. The second kappa shape index (κ2) is 19.4. The van der Waals surface area contributed by atoms with E-state index in [-0.39, 0.29) is 24.4 Å². The maximum atomic E-state index is 14.1. The number of piperidine rings is 1. The predicted molar refractivity (Wildman–Crippen MR) is 172 cm³/mol. The van der Waals surface area contributed by atoms with Crippen LogP contribution >= 0.6 is 11.3 Å². The van der Waals surface area contributed by atoms with E-state index < -0.39 is 43.0 Å². The van der Waals surface area contributed by atoms with Gasteiger partial charge in [0.05, 0.1) is 12.2 Å². The number of hydrogen-bond acceptors (Lipinski definition) is 10. The zero-order valence-electron chi connectivity index (χ0n) is 27.7. The molecule has 2 fully saturated rings. The number of nitrogens with zero attached hydrogens (tertiary/aromatic N) is 2. The van der Waals surface area contributed by atoms with Crippen LogP contribution in [0, 0.1) is 11.8 Å². The first-order valence-corrected chi connectivity index (χ1v) is 16.4. The molecule has 1 saturated heterocycles. The Hall–Kier alpha value is -4.23. The molecule has 4 N–H and O–H groups in total. The molecule has 284 valence electrons. The quantitative estimate of drug-likeness (QED) is 0.175. The first-order valence-electron chi connectivity index (χ1n) is 15.6. The average molecular weight is 756 g/mol. The highest BCUT2D eigenvalue weighted by atomic mass is 32.1. The van der Waals surface area contributed by atoms with Crippen molar-refractivity contribution in [2.45, 2.75) is 63.8 Å². The summed E-state index contributed by atoms with van der Waals surface area (Å²) in [5.41, 5.74) is 6.83. The number of carboxylic acids is 2. The highest BCUT2D eigenvalue weighted by Gasteiger charge is 2.39. The van der Waals surface area contributed by atoms with Gasteiger partial charge in [-0.3, -0.25) is 9.59 Å².